The molecule has 110 valence electrons. The Morgan fingerprint density at radius 3 is 2.60 bits per heavy atom. The van der Waals surface area contributed by atoms with Gasteiger partial charge in [0.15, 0.2) is 0 Å². The predicted molar refractivity (Wildman–Crippen MR) is 73.2 cm³/mol. The Kier molecular flexibility index (Phi) is 5.15. The van der Waals surface area contributed by atoms with Crippen LogP contribution in [0.5, 0.6) is 0 Å². The van der Waals surface area contributed by atoms with Gasteiger partial charge in [0.2, 0.25) is 5.91 Å². The molecule has 0 radical (unpaired) electrons. The topological polar surface area (TPSA) is 104 Å². The first kappa shape index (κ1) is 16.0. The van der Waals surface area contributed by atoms with E-state index in [0.29, 0.717) is 5.69 Å². The number of hydrogen-bond acceptors (Lipinski definition) is 5. The fraction of sp³-hybridized carbons (Fsp3) is 0.538. The van der Waals surface area contributed by atoms with E-state index in [1.165, 1.54) is 12.5 Å². The Balaban J connectivity index is 2.64. The third-order valence-corrected chi connectivity index (χ3v) is 2.49. The molecule has 1 rings (SSSR count). The lowest BCUT2D eigenvalue weighted by Gasteiger charge is -2.23. The van der Waals surface area contributed by atoms with Gasteiger partial charge in [-0.2, -0.15) is 0 Å². The Labute approximate surface area is 117 Å². The highest BCUT2D eigenvalue weighted by Crippen LogP contribution is 2.04. The van der Waals surface area contributed by atoms with E-state index in [0.717, 1.165) is 0 Å². The number of carbonyl (C=O) groups is 2. The molecular weight excluding hydrogens is 260 g/mol. The summed E-state index contributed by atoms with van der Waals surface area (Å²) < 4.78 is 0. The molecule has 0 saturated carbocycles. The average Bonchev–Trinajstić information content (AvgIpc) is 2.34. The standard InChI is InChI=1S/C13H20N4O3/c1-8(11(18)17-13(2,3)4)15-6-10-9(12(19)20)5-14-7-16-10/h5,7-8,15H,6H2,1-4H3,(H,17,18)(H,19,20). The minimum Gasteiger partial charge on any atom is -0.478 e. The summed E-state index contributed by atoms with van der Waals surface area (Å²) in [5, 5.41) is 14.8. The maximum Gasteiger partial charge on any atom is 0.339 e. The molecule has 0 aromatic carbocycles. The van der Waals surface area contributed by atoms with Gasteiger partial charge in [0.25, 0.3) is 0 Å². The number of carbonyl (C=O) groups excluding carboxylic acids is 1. The summed E-state index contributed by atoms with van der Waals surface area (Å²) in [6.07, 6.45) is 2.52. The SMILES string of the molecule is CC(NCc1ncncc1C(=O)O)C(=O)NC(C)(C)C. The van der Waals surface area contributed by atoms with E-state index in [-0.39, 0.29) is 23.6 Å². The lowest BCUT2D eigenvalue weighted by molar-refractivity contribution is -0.124. The molecule has 7 heteroatoms. The van der Waals surface area contributed by atoms with Crippen molar-refractivity contribution in [3.05, 3.63) is 23.8 Å². The minimum atomic E-state index is -1.09. The zero-order valence-corrected chi connectivity index (χ0v) is 12.1. The summed E-state index contributed by atoms with van der Waals surface area (Å²) in [5.41, 5.74) is 0.0695. The number of aromatic nitrogens is 2. The van der Waals surface area contributed by atoms with E-state index in [1.54, 1.807) is 6.92 Å². The summed E-state index contributed by atoms with van der Waals surface area (Å²) in [6.45, 7) is 7.57. The van der Waals surface area contributed by atoms with Gasteiger partial charge in [-0.15, -0.1) is 0 Å². The zero-order chi connectivity index (χ0) is 15.3. The zero-order valence-electron chi connectivity index (χ0n) is 12.1. The van der Waals surface area contributed by atoms with Crippen molar-refractivity contribution in [1.29, 1.82) is 0 Å². The highest BCUT2D eigenvalue weighted by molar-refractivity contribution is 5.88. The van der Waals surface area contributed by atoms with Crippen LogP contribution in [0, 0.1) is 0 Å². The van der Waals surface area contributed by atoms with Crippen LogP contribution in [0.2, 0.25) is 0 Å². The molecule has 0 saturated heterocycles. The number of carboxylic acids is 1. The van der Waals surface area contributed by atoms with Gasteiger partial charge in [-0.25, -0.2) is 14.8 Å². The van der Waals surface area contributed by atoms with E-state index in [2.05, 4.69) is 20.6 Å². The summed E-state index contributed by atoms with van der Waals surface area (Å²) in [4.78, 5) is 30.5. The molecule has 1 amide bonds. The summed E-state index contributed by atoms with van der Waals surface area (Å²) >= 11 is 0. The molecule has 1 atom stereocenters. The maximum atomic E-state index is 11.9. The minimum absolute atomic E-state index is 0.0310. The number of rotatable bonds is 5. The predicted octanol–water partition coefficient (Wildman–Crippen LogP) is 0.568. The quantitative estimate of drug-likeness (QED) is 0.728. The van der Waals surface area contributed by atoms with Gasteiger partial charge < -0.3 is 15.7 Å². The highest BCUT2D eigenvalue weighted by atomic mass is 16.4. The molecule has 0 aliphatic carbocycles. The summed E-state index contributed by atoms with van der Waals surface area (Å²) in [6, 6.07) is -0.453. The smallest absolute Gasteiger partial charge is 0.339 e. The molecule has 1 heterocycles. The van der Waals surface area contributed by atoms with E-state index < -0.39 is 12.0 Å². The lowest BCUT2D eigenvalue weighted by Crippen LogP contribution is -2.49. The van der Waals surface area contributed by atoms with Crippen LogP contribution in [0.4, 0.5) is 0 Å². The third kappa shape index (κ3) is 4.93. The van der Waals surface area contributed by atoms with Crippen LogP contribution >= 0.6 is 0 Å². The van der Waals surface area contributed by atoms with Crippen molar-refractivity contribution in [2.45, 2.75) is 45.8 Å². The highest BCUT2D eigenvalue weighted by Gasteiger charge is 2.19. The van der Waals surface area contributed by atoms with Crippen molar-refractivity contribution in [2.24, 2.45) is 0 Å². The van der Waals surface area contributed by atoms with Gasteiger partial charge in [-0.3, -0.25) is 4.79 Å². The van der Waals surface area contributed by atoms with Crippen LogP contribution < -0.4 is 10.6 Å². The Bertz CT molecular complexity index is 497. The molecule has 0 spiro atoms. The number of hydrogen-bond donors (Lipinski definition) is 3. The normalized spacial score (nSPS) is 12.8. The fourth-order valence-corrected chi connectivity index (χ4v) is 1.49. The first-order valence-corrected chi connectivity index (χ1v) is 6.28. The van der Waals surface area contributed by atoms with Crippen LogP contribution in [0.1, 0.15) is 43.7 Å². The van der Waals surface area contributed by atoms with Crippen molar-refractivity contribution in [3.63, 3.8) is 0 Å². The lowest BCUT2D eigenvalue weighted by atomic mass is 10.1. The van der Waals surface area contributed by atoms with Crippen molar-refractivity contribution in [2.75, 3.05) is 0 Å². The first-order chi connectivity index (χ1) is 9.20. The van der Waals surface area contributed by atoms with Crippen LogP contribution in [-0.4, -0.2) is 38.5 Å². The van der Waals surface area contributed by atoms with E-state index in [1.807, 2.05) is 20.8 Å². The van der Waals surface area contributed by atoms with Crippen molar-refractivity contribution < 1.29 is 14.7 Å². The molecular formula is C13H20N4O3. The van der Waals surface area contributed by atoms with Gasteiger partial charge >= 0.3 is 5.97 Å². The third-order valence-electron chi connectivity index (χ3n) is 2.49. The van der Waals surface area contributed by atoms with Gasteiger partial charge in [0.1, 0.15) is 11.9 Å². The van der Waals surface area contributed by atoms with Crippen molar-refractivity contribution in [1.82, 2.24) is 20.6 Å². The molecule has 1 unspecified atom stereocenters. The van der Waals surface area contributed by atoms with Crippen LogP contribution in [0.3, 0.4) is 0 Å². The van der Waals surface area contributed by atoms with Gasteiger partial charge in [-0.05, 0) is 27.7 Å². The van der Waals surface area contributed by atoms with E-state index in [9.17, 15) is 9.59 Å². The second-order valence-electron chi connectivity index (χ2n) is 5.53. The molecule has 1 aromatic rings. The van der Waals surface area contributed by atoms with E-state index in [4.69, 9.17) is 5.11 Å². The second kappa shape index (κ2) is 6.42. The number of nitrogens with one attached hydrogen (secondary N) is 2. The monoisotopic (exact) mass is 280 g/mol. The molecule has 0 aliphatic rings. The van der Waals surface area contributed by atoms with Crippen LogP contribution in [-0.2, 0) is 11.3 Å². The largest absolute Gasteiger partial charge is 0.478 e. The summed E-state index contributed by atoms with van der Waals surface area (Å²) in [5.74, 6) is -1.24. The number of carboxylic acid groups (broad SMARTS) is 1. The van der Waals surface area contributed by atoms with Gasteiger partial charge in [0.05, 0.1) is 11.7 Å². The average molecular weight is 280 g/mol. The molecule has 20 heavy (non-hydrogen) atoms. The number of amides is 1. The van der Waals surface area contributed by atoms with Gasteiger partial charge in [0, 0.05) is 18.3 Å². The van der Waals surface area contributed by atoms with E-state index >= 15 is 0 Å². The first-order valence-electron chi connectivity index (χ1n) is 6.28. The fourth-order valence-electron chi connectivity index (χ4n) is 1.49. The second-order valence-corrected chi connectivity index (χ2v) is 5.53. The number of aromatic carboxylic acids is 1. The van der Waals surface area contributed by atoms with Crippen molar-refractivity contribution >= 4 is 11.9 Å². The molecule has 7 nitrogen and oxygen atoms in total. The molecule has 0 fully saturated rings. The maximum absolute atomic E-state index is 11.9. The molecule has 0 bridgehead atoms. The number of nitrogens with zero attached hydrogens (tertiary/aromatic N) is 2. The Hall–Kier alpha value is -2.02. The molecule has 3 N–H and O–H groups in total. The Morgan fingerprint density at radius 2 is 2.05 bits per heavy atom. The van der Waals surface area contributed by atoms with Crippen LogP contribution in [0.25, 0.3) is 0 Å². The summed E-state index contributed by atoms with van der Waals surface area (Å²) in [7, 11) is 0. The molecule has 0 aliphatic heterocycles. The Morgan fingerprint density at radius 1 is 1.40 bits per heavy atom. The molecule has 1 aromatic heterocycles. The van der Waals surface area contributed by atoms with Crippen molar-refractivity contribution in [3.8, 4) is 0 Å². The van der Waals surface area contributed by atoms with Crippen LogP contribution in [0.15, 0.2) is 12.5 Å². The van der Waals surface area contributed by atoms with Gasteiger partial charge in [-0.1, -0.05) is 0 Å².